The number of nitrogens with one attached hydrogen (secondary N) is 2. The van der Waals surface area contributed by atoms with Crippen LogP contribution in [0.25, 0.3) is 10.9 Å². The van der Waals surface area contributed by atoms with Crippen molar-refractivity contribution >= 4 is 16.7 Å². The number of Topliss-reactive ketones (excluding diaryl/α,β-unsaturated/α-hetero) is 1. The van der Waals surface area contributed by atoms with Gasteiger partial charge in [-0.2, -0.15) is 0 Å². The lowest BCUT2D eigenvalue weighted by molar-refractivity contribution is -0.123. The van der Waals surface area contributed by atoms with Crippen molar-refractivity contribution in [3.8, 4) is 0 Å². The molecule has 100 valence electrons. The molecular weight excluding hydrogens is 236 g/mol. The zero-order valence-electron chi connectivity index (χ0n) is 11.5. The Hall–Kier alpha value is -1.61. The summed E-state index contributed by atoms with van der Waals surface area (Å²) in [6.45, 7) is 5.86. The summed E-state index contributed by atoms with van der Waals surface area (Å²) in [5, 5.41) is 4.60. The van der Waals surface area contributed by atoms with E-state index < -0.39 is 0 Å². The fourth-order valence-electron chi connectivity index (χ4n) is 3.00. The Morgan fingerprint density at radius 1 is 1.32 bits per heavy atom. The molecule has 3 rings (SSSR count). The van der Waals surface area contributed by atoms with E-state index in [0.29, 0.717) is 12.2 Å². The summed E-state index contributed by atoms with van der Waals surface area (Å²) in [6.07, 6.45) is 1.52. The van der Waals surface area contributed by atoms with Crippen LogP contribution in [0.15, 0.2) is 18.2 Å². The van der Waals surface area contributed by atoms with Gasteiger partial charge < -0.3 is 10.3 Å². The Morgan fingerprint density at radius 3 is 2.95 bits per heavy atom. The molecule has 1 unspecified atom stereocenters. The van der Waals surface area contributed by atoms with E-state index >= 15 is 0 Å². The maximum absolute atomic E-state index is 12.0. The molecule has 1 atom stereocenters. The number of rotatable bonds is 2. The van der Waals surface area contributed by atoms with Crippen molar-refractivity contribution < 1.29 is 4.79 Å². The first-order valence-corrected chi connectivity index (χ1v) is 6.96. The van der Waals surface area contributed by atoms with Crippen LogP contribution in [0.4, 0.5) is 0 Å². The highest BCUT2D eigenvalue weighted by Gasteiger charge is 2.24. The number of fused-ring (bicyclic) bond motifs is 1. The third-order valence-corrected chi connectivity index (χ3v) is 4.12. The van der Waals surface area contributed by atoms with E-state index in [1.54, 1.807) is 0 Å². The van der Waals surface area contributed by atoms with E-state index in [9.17, 15) is 4.79 Å². The Morgan fingerprint density at radius 2 is 2.16 bits per heavy atom. The molecule has 0 spiro atoms. The van der Waals surface area contributed by atoms with Gasteiger partial charge in [0, 0.05) is 42.0 Å². The normalized spacial score (nSPS) is 20.1. The van der Waals surface area contributed by atoms with Gasteiger partial charge in [0.25, 0.3) is 0 Å². The average Bonchev–Trinajstić information content (AvgIpc) is 2.69. The minimum absolute atomic E-state index is 0.131. The molecule has 0 saturated carbocycles. The third kappa shape index (κ3) is 2.30. The molecule has 3 heteroatoms. The predicted octanol–water partition coefficient (Wildman–Crippen LogP) is 2.51. The van der Waals surface area contributed by atoms with E-state index in [0.717, 1.165) is 19.5 Å². The van der Waals surface area contributed by atoms with Crippen LogP contribution in [0.2, 0.25) is 0 Å². The van der Waals surface area contributed by atoms with Crippen LogP contribution in [0.1, 0.15) is 23.2 Å². The van der Waals surface area contributed by atoms with Gasteiger partial charge in [0.15, 0.2) is 0 Å². The quantitative estimate of drug-likeness (QED) is 0.867. The van der Waals surface area contributed by atoms with E-state index in [4.69, 9.17) is 0 Å². The van der Waals surface area contributed by atoms with E-state index in [1.807, 2.05) is 0 Å². The lowest BCUT2D eigenvalue weighted by Crippen LogP contribution is -2.38. The first kappa shape index (κ1) is 12.4. The summed E-state index contributed by atoms with van der Waals surface area (Å²) in [5.41, 5.74) is 4.94. The van der Waals surface area contributed by atoms with Crippen LogP contribution in [0.3, 0.4) is 0 Å². The topological polar surface area (TPSA) is 44.9 Å². The molecule has 1 aromatic carbocycles. The number of benzene rings is 1. The third-order valence-electron chi connectivity index (χ3n) is 4.12. The molecule has 1 aliphatic heterocycles. The minimum Gasteiger partial charge on any atom is -0.358 e. The molecule has 1 fully saturated rings. The lowest BCUT2D eigenvalue weighted by Gasteiger charge is -2.21. The van der Waals surface area contributed by atoms with Gasteiger partial charge in [0.1, 0.15) is 5.78 Å². The van der Waals surface area contributed by atoms with Crippen LogP contribution < -0.4 is 5.32 Å². The van der Waals surface area contributed by atoms with Crippen LogP contribution in [0, 0.1) is 19.8 Å². The number of hydrogen-bond acceptors (Lipinski definition) is 2. The van der Waals surface area contributed by atoms with Crippen molar-refractivity contribution in [2.45, 2.75) is 26.7 Å². The molecule has 0 amide bonds. The van der Waals surface area contributed by atoms with Crippen molar-refractivity contribution in [2.75, 3.05) is 13.1 Å². The Bertz CT molecular complexity index is 627. The highest BCUT2D eigenvalue weighted by atomic mass is 16.1. The fourth-order valence-corrected chi connectivity index (χ4v) is 3.00. The first-order valence-electron chi connectivity index (χ1n) is 6.96. The van der Waals surface area contributed by atoms with Gasteiger partial charge >= 0.3 is 0 Å². The number of H-pyrrole nitrogens is 1. The zero-order chi connectivity index (χ0) is 13.4. The largest absolute Gasteiger partial charge is 0.358 e. The molecule has 0 radical (unpaired) electrons. The Kier molecular flexibility index (Phi) is 3.15. The summed E-state index contributed by atoms with van der Waals surface area (Å²) >= 11 is 0. The van der Waals surface area contributed by atoms with Gasteiger partial charge in [0.05, 0.1) is 0 Å². The van der Waals surface area contributed by atoms with Gasteiger partial charge in [-0.1, -0.05) is 11.6 Å². The van der Waals surface area contributed by atoms with Crippen molar-refractivity contribution in [3.05, 3.63) is 35.0 Å². The van der Waals surface area contributed by atoms with Gasteiger partial charge in [-0.25, -0.2) is 0 Å². The molecule has 1 aliphatic rings. The number of carbonyl (C=O) groups excluding carboxylic acids is 1. The summed E-state index contributed by atoms with van der Waals surface area (Å²) in [4.78, 5) is 15.4. The molecule has 3 nitrogen and oxygen atoms in total. The highest BCUT2D eigenvalue weighted by molar-refractivity contribution is 5.87. The number of aromatic amines is 1. The van der Waals surface area contributed by atoms with Crippen LogP contribution in [-0.2, 0) is 11.2 Å². The monoisotopic (exact) mass is 256 g/mol. The molecule has 2 heterocycles. The second kappa shape index (κ2) is 4.82. The number of carbonyl (C=O) groups is 1. The second-order valence-electron chi connectivity index (χ2n) is 5.60. The van der Waals surface area contributed by atoms with Crippen molar-refractivity contribution in [1.82, 2.24) is 10.3 Å². The fraction of sp³-hybridized carbons (Fsp3) is 0.438. The Balaban J connectivity index is 1.97. The highest BCUT2D eigenvalue weighted by Crippen LogP contribution is 2.26. The van der Waals surface area contributed by atoms with E-state index in [-0.39, 0.29) is 5.92 Å². The molecule has 1 aromatic heterocycles. The number of piperidine rings is 1. The van der Waals surface area contributed by atoms with Gasteiger partial charge in [-0.3, -0.25) is 4.79 Å². The standard InChI is InChI=1S/C16H20N2O/c1-10-3-4-15-14(7-10)13(11(2)18-15)8-12-9-17-6-5-16(12)19/h3-4,7,12,17-18H,5-6,8-9H2,1-2H3. The smallest absolute Gasteiger partial charge is 0.138 e. The van der Waals surface area contributed by atoms with Gasteiger partial charge in [-0.05, 0) is 38.0 Å². The zero-order valence-corrected chi connectivity index (χ0v) is 11.5. The number of aromatic nitrogens is 1. The minimum atomic E-state index is 0.131. The van der Waals surface area contributed by atoms with Gasteiger partial charge in [-0.15, -0.1) is 0 Å². The molecule has 19 heavy (non-hydrogen) atoms. The molecule has 0 aliphatic carbocycles. The summed E-state index contributed by atoms with van der Waals surface area (Å²) < 4.78 is 0. The molecule has 2 N–H and O–H groups in total. The Labute approximate surface area is 113 Å². The summed E-state index contributed by atoms with van der Waals surface area (Å²) in [5.74, 6) is 0.534. The van der Waals surface area contributed by atoms with Gasteiger partial charge in [0.2, 0.25) is 0 Å². The van der Waals surface area contributed by atoms with Crippen LogP contribution >= 0.6 is 0 Å². The maximum atomic E-state index is 12.0. The number of hydrogen-bond donors (Lipinski definition) is 2. The molecule has 2 aromatic rings. The maximum Gasteiger partial charge on any atom is 0.138 e. The summed E-state index contributed by atoms with van der Waals surface area (Å²) in [7, 11) is 0. The summed E-state index contributed by atoms with van der Waals surface area (Å²) in [6, 6.07) is 6.46. The second-order valence-corrected chi connectivity index (χ2v) is 5.60. The molecule has 0 bridgehead atoms. The number of aryl methyl sites for hydroxylation is 2. The lowest BCUT2D eigenvalue weighted by atomic mass is 9.90. The van der Waals surface area contributed by atoms with Crippen molar-refractivity contribution in [2.24, 2.45) is 5.92 Å². The van der Waals surface area contributed by atoms with Crippen LogP contribution in [-0.4, -0.2) is 23.9 Å². The molecular formula is C16H20N2O. The van der Waals surface area contributed by atoms with E-state index in [2.05, 4.69) is 42.3 Å². The van der Waals surface area contributed by atoms with E-state index in [1.165, 1.54) is 27.7 Å². The number of ketones is 1. The van der Waals surface area contributed by atoms with Crippen LogP contribution in [0.5, 0.6) is 0 Å². The average molecular weight is 256 g/mol. The predicted molar refractivity (Wildman–Crippen MR) is 77.5 cm³/mol. The molecule has 1 saturated heterocycles. The first-order chi connectivity index (χ1) is 9.15. The van der Waals surface area contributed by atoms with Crippen molar-refractivity contribution in [1.29, 1.82) is 0 Å². The SMILES string of the molecule is Cc1ccc2[nH]c(C)c(CC3CNCCC3=O)c2c1. The van der Waals surface area contributed by atoms with Crippen molar-refractivity contribution in [3.63, 3.8) is 0 Å².